The van der Waals surface area contributed by atoms with E-state index in [9.17, 15) is 4.79 Å². The predicted molar refractivity (Wildman–Crippen MR) is 76.7 cm³/mol. The smallest absolute Gasteiger partial charge is 0.334 e. The summed E-state index contributed by atoms with van der Waals surface area (Å²) in [7, 11) is 3.09. The predicted octanol–water partition coefficient (Wildman–Crippen LogP) is 1.82. The van der Waals surface area contributed by atoms with Gasteiger partial charge in [0.25, 0.3) is 0 Å². The van der Waals surface area contributed by atoms with Crippen LogP contribution in [0.25, 0.3) is 0 Å². The molecule has 2 atom stereocenters. The van der Waals surface area contributed by atoms with Gasteiger partial charge >= 0.3 is 5.97 Å². The fourth-order valence-corrected chi connectivity index (χ4v) is 2.69. The van der Waals surface area contributed by atoms with Crippen molar-refractivity contribution < 1.29 is 28.5 Å². The lowest BCUT2D eigenvalue weighted by molar-refractivity contribution is -0.154. The van der Waals surface area contributed by atoms with E-state index in [1.807, 2.05) is 18.2 Å². The van der Waals surface area contributed by atoms with Crippen LogP contribution in [0.4, 0.5) is 0 Å². The van der Waals surface area contributed by atoms with Gasteiger partial charge in [-0.1, -0.05) is 6.07 Å². The minimum Gasteiger partial charge on any atom is -0.498 e. The van der Waals surface area contributed by atoms with Crippen molar-refractivity contribution in [3.05, 3.63) is 35.6 Å². The number of carbonyl (C=O) groups excluding carboxylic acids is 1. The number of esters is 1. The van der Waals surface area contributed by atoms with Crippen LogP contribution in [-0.2, 0) is 25.4 Å². The summed E-state index contributed by atoms with van der Waals surface area (Å²) < 4.78 is 26.6. The van der Waals surface area contributed by atoms with E-state index in [0.717, 1.165) is 23.5 Å². The maximum absolute atomic E-state index is 11.6. The first-order valence-corrected chi connectivity index (χ1v) is 7.09. The molecule has 1 aromatic carbocycles. The molecule has 0 spiro atoms. The second-order valence-corrected chi connectivity index (χ2v) is 5.11. The average molecular weight is 306 g/mol. The molecule has 6 nitrogen and oxygen atoms in total. The fraction of sp³-hybridized carbons (Fsp3) is 0.438. The van der Waals surface area contributed by atoms with Gasteiger partial charge in [0.15, 0.2) is 17.6 Å². The second-order valence-electron chi connectivity index (χ2n) is 5.11. The van der Waals surface area contributed by atoms with Crippen molar-refractivity contribution in [2.45, 2.75) is 25.0 Å². The molecule has 0 aliphatic carbocycles. The third kappa shape index (κ3) is 2.87. The quantitative estimate of drug-likeness (QED) is 0.773. The molecule has 2 aliphatic heterocycles. The van der Waals surface area contributed by atoms with Crippen molar-refractivity contribution in [2.75, 3.05) is 21.0 Å². The molecule has 0 N–H and O–H groups in total. The topological polar surface area (TPSA) is 63.2 Å². The third-order valence-corrected chi connectivity index (χ3v) is 3.79. The maximum atomic E-state index is 11.6. The Morgan fingerprint density at radius 1 is 1.23 bits per heavy atom. The van der Waals surface area contributed by atoms with Crippen LogP contribution in [0.3, 0.4) is 0 Å². The summed E-state index contributed by atoms with van der Waals surface area (Å²) in [6.45, 7) is 0.257. The van der Waals surface area contributed by atoms with Crippen molar-refractivity contribution in [2.24, 2.45) is 0 Å². The summed E-state index contributed by atoms with van der Waals surface area (Å²) in [5.74, 6) is 1.60. The third-order valence-electron chi connectivity index (χ3n) is 3.79. The molecule has 0 amide bonds. The number of rotatable bonds is 5. The monoisotopic (exact) mass is 306 g/mol. The van der Waals surface area contributed by atoms with Gasteiger partial charge in [-0.25, -0.2) is 4.79 Å². The maximum Gasteiger partial charge on any atom is 0.334 e. The molecule has 3 rings (SSSR count). The van der Waals surface area contributed by atoms with E-state index in [2.05, 4.69) is 0 Å². The van der Waals surface area contributed by atoms with Gasteiger partial charge in [0, 0.05) is 7.11 Å². The highest BCUT2D eigenvalue weighted by molar-refractivity contribution is 5.83. The molecule has 1 aromatic rings. The summed E-state index contributed by atoms with van der Waals surface area (Å²) in [5, 5.41) is 0. The zero-order valence-corrected chi connectivity index (χ0v) is 12.5. The van der Waals surface area contributed by atoms with Crippen molar-refractivity contribution >= 4 is 5.97 Å². The second kappa shape index (κ2) is 6.27. The first-order chi connectivity index (χ1) is 10.7. The Kier molecular flexibility index (Phi) is 4.20. The van der Waals surface area contributed by atoms with Crippen LogP contribution in [0.1, 0.15) is 12.0 Å². The van der Waals surface area contributed by atoms with E-state index in [1.165, 1.54) is 13.2 Å². The van der Waals surface area contributed by atoms with Crippen LogP contribution in [0, 0.1) is 0 Å². The number of cyclic esters (lactones) is 1. The van der Waals surface area contributed by atoms with E-state index in [0.29, 0.717) is 12.2 Å². The highest BCUT2D eigenvalue weighted by Gasteiger charge is 2.33. The molecule has 0 aromatic heterocycles. The van der Waals surface area contributed by atoms with Crippen molar-refractivity contribution in [1.29, 1.82) is 0 Å². The Hall–Kier alpha value is -2.21. The lowest BCUT2D eigenvalue weighted by atomic mass is 10.00. The van der Waals surface area contributed by atoms with E-state index in [4.69, 9.17) is 23.7 Å². The highest BCUT2D eigenvalue weighted by atomic mass is 16.7. The molecule has 0 radical (unpaired) electrons. The molecule has 2 unspecified atom stereocenters. The minimum atomic E-state index is -0.402. The number of hydrogen-bond acceptors (Lipinski definition) is 6. The van der Waals surface area contributed by atoms with Gasteiger partial charge in [0.05, 0.1) is 13.2 Å². The summed E-state index contributed by atoms with van der Waals surface area (Å²) >= 11 is 0. The first kappa shape index (κ1) is 14.7. The number of benzene rings is 1. The van der Waals surface area contributed by atoms with Crippen molar-refractivity contribution in [3.8, 4) is 11.5 Å². The zero-order chi connectivity index (χ0) is 15.5. The molecule has 6 heteroatoms. The van der Waals surface area contributed by atoms with Gasteiger partial charge in [-0.2, -0.15) is 0 Å². The van der Waals surface area contributed by atoms with Crippen LogP contribution in [-0.4, -0.2) is 39.2 Å². The molecule has 22 heavy (non-hydrogen) atoms. The minimum absolute atomic E-state index is 0.257. The van der Waals surface area contributed by atoms with Gasteiger partial charge in [0.2, 0.25) is 6.79 Å². The molecule has 0 saturated carbocycles. The number of fused-ring (bicyclic) bond motifs is 1. The number of carbonyl (C=O) groups is 1. The number of ether oxygens (including phenoxy) is 5. The van der Waals surface area contributed by atoms with E-state index in [-0.39, 0.29) is 19.0 Å². The summed E-state index contributed by atoms with van der Waals surface area (Å²) in [6.07, 6.45) is 1.93. The molecule has 0 saturated heterocycles. The Bertz CT molecular complexity index is 594. The molecule has 2 aliphatic rings. The van der Waals surface area contributed by atoms with Crippen LogP contribution < -0.4 is 9.47 Å². The van der Waals surface area contributed by atoms with Crippen LogP contribution in [0.5, 0.6) is 11.5 Å². The standard InChI is InChI=1S/C16H18O6/c1-18-14-8-15(17)22-12(16(14)19-2)6-4-10-3-5-11-13(7-10)21-9-20-11/h3,5,7-8,12,16H,4,6,9H2,1-2H3. The lowest BCUT2D eigenvalue weighted by Gasteiger charge is -2.30. The van der Waals surface area contributed by atoms with Gasteiger partial charge < -0.3 is 23.7 Å². The zero-order valence-electron chi connectivity index (χ0n) is 12.5. The van der Waals surface area contributed by atoms with Gasteiger partial charge in [-0.05, 0) is 30.5 Å². The Labute approximate surface area is 128 Å². The number of aryl methyl sites for hydroxylation is 1. The van der Waals surface area contributed by atoms with E-state index < -0.39 is 5.97 Å². The normalized spacial score (nSPS) is 23.0. The highest BCUT2D eigenvalue weighted by Crippen LogP contribution is 2.33. The number of hydrogen-bond donors (Lipinski definition) is 0. The summed E-state index contributed by atoms with van der Waals surface area (Å²) in [4.78, 5) is 11.6. The van der Waals surface area contributed by atoms with Gasteiger partial charge in [0.1, 0.15) is 11.9 Å². The fourth-order valence-electron chi connectivity index (χ4n) is 2.69. The average Bonchev–Trinajstić information content (AvgIpc) is 2.99. The van der Waals surface area contributed by atoms with Gasteiger partial charge in [-0.15, -0.1) is 0 Å². The van der Waals surface area contributed by atoms with Crippen LogP contribution >= 0.6 is 0 Å². The SMILES string of the molecule is COC1=CC(=O)OC(CCc2ccc3c(c2)OCO3)C1OC. The molecular weight excluding hydrogens is 288 g/mol. The van der Waals surface area contributed by atoms with Crippen LogP contribution in [0.15, 0.2) is 30.0 Å². The van der Waals surface area contributed by atoms with Crippen molar-refractivity contribution in [3.63, 3.8) is 0 Å². The Morgan fingerprint density at radius 3 is 2.82 bits per heavy atom. The largest absolute Gasteiger partial charge is 0.498 e. The van der Waals surface area contributed by atoms with E-state index in [1.54, 1.807) is 7.11 Å². The summed E-state index contributed by atoms with van der Waals surface area (Å²) in [5.41, 5.74) is 1.09. The lowest BCUT2D eigenvalue weighted by Crippen LogP contribution is -2.39. The van der Waals surface area contributed by atoms with Crippen LogP contribution in [0.2, 0.25) is 0 Å². The van der Waals surface area contributed by atoms with E-state index >= 15 is 0 Å². The summed E-state index contributed by atoms with van der Waals surface area (Å²) in [6, 6.07) is 5.81. The molecule has 118 valence electrons. The first-order valence-electron chi connectivity index (χ1n) is 7.09. The van der Waals surface area contributed by atoms with Gasteiger partial charge in [-0.3, -0.25) is 0 Å². The number of methoxy groups -OCH3 is 2. The molecule has 0 bridgehead atoms. The molecule has 0 fully saturated rings. The molecular formula is C16H18O6. The Morgan fingerprint density at radius 2 is 2.05 bits per heavy atom. The molecule has 2 heterocycles. The van der Waals surface area contributed by atoms with Crippen molar-refractivity contribution in [1.82, 2.24) is 0 Å². The Balaban J connectivity index is 1.67.